The Balaban J connectivity index is 2.47. The van der Waals surface area contributed by atoms with E-state index in [1.807, 2.05) is 0 Å². The average Bonchev–Trinajstić information content (AvgIpc) is 2.34. The first-order valence-electron chi connectivity index (χ1n) is 4.94. The molecule has 2 aromatic rings. The highest BCUT2D eigenvalue weighted by Gasteiger charge is 2.10. The Morgan fingerprint density at radius 3 is 2.44 bits per heavy atom. The van der Waals surface area contributed by atoms with E-state index >= 15 is 0 Å². The molecule has 1 aromatic carbocycles. The summed E-state index contributed by atoms with van der Waals surface area (Å²) in [7, 11) is 0. The fraction of sp³-hybridized carbons (Fsp3) is 0.0909. The lowest BCUT2D eigenvalue weighted by molar-refractivity contribution is 0.740. The van der Waals surface area contributed by atoms with Gasteiger partial charge in [-0.25, -0.2) is 4.98 Å². The molecule has 0 saturated carbocycles. The molecule has 1 heterocycles. The van der Waals surface area contributed by atoms with Gasteiger partial charge in [0.25, 0.3) is 5.56 Å². The Morgan fingerprint density at radius 1 is 1.22 bits per heavy atom. The molecule has 2 N–H and O–H groups in total. The number of aromatic nitrogens is 2. The molecule has 0 aliphatic rings. The van der Waals surface area contributed by atoms with E-state index in [9.17, 15) is 4.79 Å². The van der Waals surface area contributed by atoms with Crippen LogP contribution in [0.15, 0.2) is 29.3 Å². The zero-order chi connectivity index (χ0) is 13.3. The van der Waals surface area contributed by atoms with Crippen molar-refractivity contribution in [2.24, 2.45) is 0 Å². The Hall–Kier alpha value is -1.23. The number of nitrogens with zero attached hydrogens (tertiary/aromatic N) is 2. The highest BCUT2D eigenvalue weighted by molar-refractivity contribution is 6.36. The summed E-state index contributed by atoms with van der Waals surface area (Å²) < 4.78 is 1.30. The van der Waals surface area contributed by atoms with Gasteiger partial charge in [0.2, 0.25) is 0 Å². The standard InChI is InChI=1S/C11H8Cl3N3O/c12-7-2-1-3-8(13)6(7)4-17-5-16-10(14)9(15)11(17)18/h1-3,5H,4,15H2. The van der Waals surface area contributed by atoms with Crippen LogP contribution in [0.2, 0.25) is 15.2 Å². The first kappa shape index (κ1) is 13.2. The fourth-order valence-corrected chi connectivity index (χ4v) is 2.09. The topological polar surface area (TPSA) is 60.9 Å². The molecule has 0 atom stereocenters. The van der Waals surface area contributed by atoms with Gasteiger partial charge in [0, 0.05) is 15.6 Å². The number of anilines is 1. The number of nitrogen functional groups attached to an aromatic ring is 1. The van der Waals surface area contributed by atoms with Gasteiger partial charge in [-0.05, 0) is 12.1 Å². The van der Waals surface area contributed by atoms with Crippen LogP contribution in [0.4, 0.5) is 5.69 Å². The van der Waals surface area contributed by atoms with E-state index in [4.69, 9.17) is 40.5 Å². The third kappa shape index (κ3) is 2.46. The number of hydrogen-bond donors (Lipinski definition) is 1. The zero-order valence-corrected chi connectivity index (χ0v) is 11.3. The maximum absolute atomic E-state index is 11.8. The molecule has 0 aliphatic carbocycles. The maximum atomic E-state index is 11.8. The predicted octanol–water partition coefficient (Wildman–Crippen LogP) is 2.83. The van der Waals surface area contributed by atoms with E-state index in [-0.39, 0.29) is 17.4 Å². The maximum Gasteiger partial charge on any atom is 0.278 e. The number of halogens is 3. The van der Waals surface area contributed by atoms with Gasteiger partial charge in [-0.1, -0.05) is 40.9 Å². The van der Waals surface area contributed by atoms with Gasteiger partial charge in [-0.2, -0.15) is 0 Å². The number of nitrogens with two attached hydrogens (primary N) is 1. The van der Waals surface area contributed by atoms with E-state index in [1.54, 1.807) is 18.2 Å². The van der Waals surface area contributed by atoms with Crippen molar-refractivity contribution in [2.45, 2.75) is 6.54 Å². The SMILES string of the molecule is Nc1c(Cl)ncn(Cc2c(Cl)cccc2Cl)c1=O. The highest BCUT2D eigenvalue weighted by Crippen LogP contribution is 2.24. The first-order valence-corrected chi connectivity index (χ1v) is 6.07. The van der Waals surface area contributed by atoms with Crippen molar-refractivity contribution >= 4 is 40.5 Å². The Morgan fingerprint density at radius 2 is 1.83 bits per heavy atom. The van der Waals surface area contributed by atoms with Crippen LogP contribution in [0.1, 0.15) is 5.56 Å². The average molecular weight is 305 g/mol. The lowest BCUT2D eigenvalue weighted by atomic mass is 10.2. The largest absolute Gasteiger partial charge is 0.392 e. The molecular weight excluding hydrogens is 297 g/mol. The second-order valence-corrected chi connectivity index (χ2v) is 4.75. The summed E-state index contributed by atoms with van der Waals surface area (Å²) in [5.41, 5.74) is 5.63. The number of hydrogen-bond acceptors (Lipinski definition) is 3. The van der Waals surface area contributed by atoms with Gasteiger partial charge in [0.1, 0.15) is 5.69 Å². The molecule has 7 heteroatoms. The van der Waals surface area contributed by atoms with Crippen molar-refractivity contribution in [1.82, 2.24) is 9.55 Å². The van der Waals surface area contributed by atoms with Gasteiger partial charge in [0.15, 0.2) is 5.15 Å². The Labute approximate surface area is 118 Å². The highest BCUT2D eigenvalue weighted by atomic mass is 35.5. The lowest BCUT2D eigenvalue weighted by Crippen LogP contribution is -2.24. The summed E-state index contributed by atoms with van der Waals surface area (Å²) in [5.74, 6) is 0. The summed E-state index contributed by atoms with van der Waals surface area (Å²) in [4.78, 5) is 15.7. The third-order valence-corrected chi connectivity index (χ3v) is 3.42. The van der Waals surface area contributed by atoms with Gasteiger partial charge in [-0.3, -0.25) is 9.36 Å². The molecule has 0 unspecified atom stereocenters. The van der Waals surface area contributed by atoms with Gasteiger partial charge >= 0.3 is 0 Å². The second kappa shape index (κ2) is 5.18. The minimum atomic E-state index is -0.425. The molecule has 18 heavy (non-hydrogen) atoms. The van der Waals surface area contributed by atoms with Crippen molar-refractivity contribution in [3.05, 3.63) is 55.6 Å². The van der Waals surface area contributed by atoms with Gasteiger partial charge < -0.3 is 5.73 Å². The summed E-state index contributed by atoms with van der Waals surface area (Å²) in [5, 5.41) is 0.937. The van der Waals surface area contributed by atoms with Crippen LogP contribution in [-0.2, 0) is 6.54 Å². The van der Waals surface area contributed by atoms with Gasteiger partial charge in [-0.15, -0.1) is 0 Å². The van der Waals surface area contributed by atoms with E-state index in [2.05, 4.69) is 4.98 Å². The van der Waals surface area contributed by atoms with Crippen molar-refractivity contribution in [2.75, 3.05) is 5.73 Å². The van der Waals surface area contributed by atoms with Crippen LogP contribution in [0.25, 0.3) is 0 Å². The van der Waals surface area contributed by atoms with Crippen LogP contribution in [0.3, 0.4) is 0 Å². The van der Waals surface area contributed by atoms with E-state index in [0.717, 1.165) is 0 Å². The summed E-state index contributed by atoms with van der Waals surface area (Å²) in [6, 6.07) is 5.12. The molecule has 0 radical (unpaired) electrons. The van der Waals surface area contributed by atoms with E-state index in [0.29, 0.717) is 15.6 Å². The number of rotatable bonds is 2. The van der Waals surface area contributed by atoms with Crippen LogP contribution in [0.5, 0.6) is 0 Å². The quantitative estimate of drug-likeness (QED) is 0.868. The molecule has 0 amide bonds. The predicted molar refractivity (Wildman–Crippen MR) is 73.5 cm³/mol. The molecule has 0 saturated heterocycles. The summed E-state index contributed by atoms with van der Waals surface area (Å²) >= 11 is 17.7. The Bertz CT molecular complexity index is 634. The second-order valence-electron chi connectivity index (χ2n) is 3.58. The molecular formula is C11H8Cl3N3O. The zero-order valence-electron chi connectivity index (χ0n) is 9.03. The smallest absolute Gasteiger partial charge is 0.278 e. The first-order chi connectivity index (χ1) is 8.50. The lowest BCUT2D eigenvalue weighted by Gasteiger charge is -2.09. The van der Waals surface area contributed by atoms with Crippen molar-refractivity contribution in [3.63, 3.8) is 0 Å². The molecule has 0 bridgehead atoms. The molecule has 1 aromatic heterocycles. The molecule has 4 nitrogen and oxygen atoms in total. The minimum absolute atomic E-state index is 0.0125. The van der Waals surface area contributed by atoms with Crippen molar-refractivity contribution in [1.29, 1.82) is 0 Å². The van der Waals surface area contributed by atoms with E-state index < -0.39 is 5.56 Å². The molecule has 0 aliphatic heterocycles. The van der Waals surface area contributed by atoms with Crippen LogP contribution < -0.4 is 11.3 Å². The monoisotopic (exact) mass is 303 g/mol. The van der Waals surface area contributed by atoms with Gasteiger partial charge in [0.05, 0.1) is 12.9 Å². The minimum Gasteiger partial charge on any atom is -0.392 e. The summed E-state index contributed by atoms with van der Waals surface area (Å²) in [6.45, 7) is 0.186. The van der Waals surface area contributed by atoms with Crippen molar-refractivity contribution in [3.8, 4) is 0 Å². The van der Waals surface area contributed by atoms with Crippen LogP contribution in [0, 0.1) is 0 Å². The Kier molecular flexibility index (Phi) is 3.80. The van der Waals surface area contributed by atoms with Crippen molar-refractivity contribution < 1.29 is 0 Å². The molecule has 0 spiro atoms. The molecule has 2 rings (SSSR count). The van der Waals surface area contributed by atoms with Crippen LogP contribution >= 0.6 is 34.8 Å². The van der Waals surface area contributed by atoms with Crippen LogP contribution in [-0.4, -0.2) is 9.55 Å². The number of benzene rings is 1. The third-order valence-electron chi connectivity index (χ3n) is 2.41. The normalized spacial score (nSPS) is 10.6. The van der Waals surface area contributed by atoms with E-state index in [1.165, 1.54) is 10.9 Å². The summed E-state index contributed by atoms with van der Waals surface area (Å²) in [6.07, 6.45) is 1.31. The molecule has 0 fully saturated rings. The fourth-order valence-electron chi connectivity index (χ4n) is 1.45. The molecule has 94 valence electrons.